The van der Waals surface area contributed by atoms with Gasteiger partial charge in [0, 0.05) is 21.7 Å². The molecule has 1 aliphatic carbocycles. The zero-order chi connectivity index (χ0) is 3.54. The van der Waals surface area contributed by atoms with E-state index in [2.05, 4.69) is 12.2 Å². The molecule has 0 aromatic rings. The number of hydrogen-bond acceptors (Lipinski definition) is 0. The molecule has 0 N–H and O–H groups in total. The molecule has 0 radical (unpaired) electrons. The summed E-state index contributed by atoms with van der Waals surface area (Å²) < 4.78 is 0. The van der Waals surface area contributed by atoms with Gasteiger partial charge < -0.3 is 1.43 Å². The molecule has 0 saturated carbocycles. The van der Waals surface area contributed by atoms with Gasteiger partial charge in [-0.2, -0.15) is 6.08 Å². The molecule has 0 spiro atoms. The first-order valence-electron chi connectivity index (χ1n) is 1.72. The summed E-state index contributed by atoms with van der Waals surface area (Å²) in [4.78, 5) is 0. The molecule has 0 unspecified atom stereocenters. The quantitative estimate of drug-likeness (QED) is 0.330. The summed E-state index contributed by atoms with van der Waals surface area (Å²) in [5.74, 6) is 0. The monoisotopic (exact) mass is 114 g/mol. The Morgan fingerprint density at radius 2 is 2.50 bits per heavy atom. The van der Waals surface area contributed by atoms with Crippen LogP contribution in [0.25, 0.3) is 0 Å². The van der Waals surface area contributed by atoms with Crippen LogP contribution in [0, 0.1) is 6.08 Å². The Morgan fingerprint density at radius 3 is 2.67 bits per heavy atom. The van der Waals surface area contributed by atoms with Gasteiger partial charge >= 0.3 is 0 Å². The molecule has 1 heteroatoms. The zero-order valence-electron chi connectivity index (χ0n) is 4.44. The van der Waals surface area contributed by atoms with Crippen LogP contribution in [-0.2, 0) is 21.7 Å². The fourth-order valence-corrected chi connectivity index (χ4v) is 0.340. The van der Waals surface area contributed by atoms with Gasteiger partial charge in [-0.15, -0.1) is 6.42 Å². The smallest absolute Gasteiger partial charge is 0 e. The van der Waals surface area contributed by atoms with Gasteiger partial charge in [0.2, 0.25) is 0 Å². The van der Waals surface area contributed by atoms with Crippen molar-refractivity contribution >= 4 is 0 Å². The Labute approximate surface area is 54.3 Å². The van der Waals surface area contributed by atoms with Crippen LogP contribution >= 0.6 is 0 Å². The maximum atomic E-state index is 2.99. The van der Waals surface area contributed by atoms with Crippen molar-refractivity contribution in [3.8, 4) is 0 Å². The second kappa shape index (κ2) is 3.39. The Balaban J connectivity index is 0. The number of hydrogen-bond donors (Lipinski definition) is 0. The minimum Gasteiger partial charge on any atom is -1.00 e. The average Bonchev–Trinajstić information content (AvgIpc) is 1.76. The largest absolute Gasteiger partial charge is 1.00 e. The van der Waals surface area contributed by atoms with Gasteiger partial charge in [0.15, 0.2) is 0 Å². The van der Waals surface area contributed by atoms with Crippen molar-refractivity contribution in [1.29, 1.82) is 0 Å². The third kappa shape index (κ3) is 1.59. The van der Waals surface area contributed by atoms with E-state index in [-0.39, 0.29) is 23.1 Å². The second-order valence-corrected chi connectivity index (χ2v) is 1.00. The Morgan fingerprint density at radius 1 is 1.67 bits per heavy atom. The van der Waals surface area contributed by atoms with E-state index in [9.17, 15) is 0 Å². The third-order valence-corrected chi connectivity index (χ3v) is 0.586. The second-order valence-electron chi connectivity index (χ2n) is 1.00. The van der Waals surface area contributed by atoms with Crippen LogP contribution in [0.4, 0.5) is 0 Å². The van der Waals surface area contributed by atoms with E-state index in [4.69, 9.17) is 0 Å². The molecule has 0 amide bonds. The van der Waals surface area contributed by atoms with Gasteiger partial charge in [0.25, 0.3) is 0 Å². The molecule has 0 aromatic carbocycles. The van der Waals surface area contributed by atoms with E-state index in [1.54, 1.807) is 0 Å². The van der Waals surface area contributed by atoms with Crippen LogP contribution in [-0.4, -0.2) is 0 Å². The fraction of sp³-hybridized carbons (Fsp3) is 0.200. The standard InChI is InChI=1S/C5H5.Ti.H/c1-2-4-5-3-1;;/h1-3H,4H2;;/q-1;;-1. The van der Waals surface area contributed by atoms with E-state index in [1.165, 1.54) is 0 Å². The van der Waals surface area contributed by atoms with Crippen LogP contribution < -0.4 is 0 Å². The summed E-state index contributed by atoms with van der Waals surface area (Å²) in [6.07, 6.45) is 10.0. The predicted molar refractivity (Wildman–Crippen MR) is 22.7 cm³/mol. The van der Waals surface area contributed by atoms with Crippen LogP contribution in [0.2, 0.25) is 0 Å². The van der Waals surface area contributed by atoms with Crippen molar-refractivity contribution in [2.45, 2.75) is 6.42 Å². The fourth-order valence-electron chi connectivity index (χ4n) is 0.340. The Kier molecular flexibility index (Phi) is 3.50. The molecule has 0 aliphatic heterocycles. The topological polar surface area (TPSA) is 0 Å². The minimum atomic E-state index is 0. The molecule has 0 fully saturated rings. The van der Waals surface area contributed by atoms with E-state index in [0.717, 1.165) is 6.42 Å². The Hall–Kier alpha value is 0.194. The number of rotatable bonds is 0. The van der Waals surface area contributed by atoms with Gasteiger partial charge in [-0.05, 0) is 0 Å². The maximum absolute atomic E-state index is 2.99. The third-order valence-electron chi connectivity index (χ3n) is 0.586. The van der Waals surface area contributed by atoms with Gasteiger partial charge in [0.05, 0.1) is 0 Å². The zero-order valence-corrected chi connectivity index (χ0v) is 5.00. The van der Waals surface area contributed by atoms with Crippen molar-refractivity contribution in [3.63, 3.8) is 0 Å². The molecular formula is C5H6Ti-2. The summed E-state index contributed by atoms with van der Waals surface area (Å²) in [6, 6.07) is 0. The van der Waals surface area contributed by atoms with Crippen LogP contribution in [0.15, 0.2) is 18.2 Å². The van der Waals surface area contributed by atoms with Crippen LogP contribution in [0.3, 0.4) is 0 Å². The maximum Gasteiger partial charge on any atom is 0 e. The molecule has 0 aromatic heterocycles. The minimum absolute atomic E-state index is 0. The van der Waals surface area contributed by atoms with Crippen molar-refractivity contribution in [3.05, 3.63) is 24.3 Å². The summed E-state index contributed by atoms with van der Waals surface area (Å²) >= 11 is 0. The summed E-state index contributed by atoms with van der Waals surface area (Å²) in [5, 5.41) is 0. The normalized spacial score (nSPS) is 14.7. The van der Waals surface area contributed by atoms with Crippen molar-refractivity contribution < 1.29 is 23.1 Å². The molecular weight excluding hydrogens is 108 g/mol. The first-order valence-corrected chi connectivity index (χ1v) is 1.72. The van der Waals surface area contributed by atoms with E-state index < -0.39 is 0 Å². The molecule has 32 valence electrons. The summed E-state index contributed by atoms with van der Waals surface area (Å²) in [6.45, 7) is 0. The molecule has 0 atom stereocenters. The van der Waals surface area contributed by atoms with Gasteiger partial charge in [-0.1, -0.05) is 0 Å². The van der Waals surface area contributed by atoms with Crippen molar-refractivity contribution in [1.82, 2.24) is 0 Å². The van der Waals surface area contributed by atoms with Gasteiger partial charge in [0.1, 0.15) is 0 Å². The van der Waals surface area contributed by atoms with Crippen LogP contribution in [0.1, 0.15) is 7.85 Å². The molecule has 0 nitrogen and oxygen atoms in total. The predicted octanol–water partition coefficient (Wildman–Crippen LogP) is 1.42. The van der Waals surface area contributed by atoms with E-state index in [1.807, 2.05) is 12.2 Å². The average molecular weight is 114 g/mol. The van der Waals surface area contributed by atoms with E-state index >= 15 is 0 Å². The van der Waals surface area contributed by atoms with Crippen molar-refractivity contribution in [2.75, 3.05) is 0 Å². The SMILES string of the molecule is [C-]1=CC=CC1.[H-].[Ti]. The first-order chi connectivity index (χ1) is 2.50. The van der Waals surface area contributed by atoms with Crippen molar-refractivity contribution in [2.24, 2.45) is 0 Å². The first kappa shape index (κ1) is 6.19. The molecule has 1 aliphatic rings. The molecule has 0 heterocycles. The van der Waals surface area contributed by atoms with Crippen LogP contribution in [0.5, 0.6) is 0 Å². The summed E-state index contributed by atoms with van der Waals surface area (Å²) in [7, 11) is 0. The molecule has 6 heavy (non-hydrogen) atoms. The molecule has 0 saturated heterocycles. The molecule has 1 rings (SSSR count). The molecule has 0 bridgehead atoms. The van der Waals surface area contributed by atoms with E-state index in [0.29, 0.717) is 0 Å². The number of allylic oxidation sites excluding steroid dienone is 4. The van der Waals surface area contributed by atoms with Gasteiger partial charge in [-0.3, -0.25) is 6.08 Å². The summed E-state index contributed by atoms with van der Waals surface area (Å²) in [5.41, 5.74) is 0. The van der Waals surface area contributed by atoms with Gasteiger partial charge in [-0.25, -0.2) is 12.2 Å². The Bertz CT molecular complexity index is 66.1.